The number of aryl methyl sites for hydroxylation is 4. The lowest BCUT2D eigenvalue weighted by Gasteiger charge is -2.28. The van der Waals surface area contributed by atoms with Crippen molar-refractivity contribution in [3.05, 3.63) is 299 Å². The molecule has 0 aliphatic carbocycles. The lowest BCUT2D eigenvalue weighted by atomic mass is 10.0. The Morgan fingerprint density at radius 3 is 1.15 bits per heavy atom. The summed E-state index contributed by atoms with van der Waals surface area (Å²) in [6, 6.07) is 33.7. The number of ketones is 1. The van der Waals surface area contributed by atoms with Gasteiger partial charge in [0.25, 0.3) is 45.9 Å². The summed E-state index contributed by atoms with van der Waals surface area (Å²) in [6.07, 6.45) is 2.50. The second-order valence-electron chi connectivity index (χ2n) is 29.6. The molecule has 0 saturated carbocycles. The molecule has 0 bridgehead atoms. The molecule has 3 atom stereocenters. The Kier molecular flexibility index (Phi) is 29.0. The Bertz CT molecular complexity index is 6200. The number of H-pyrrole nitrogens is 1. The van der Waals surface area contributed by atoms with Gasteiger partial charge < -0.3 is 58.2 Å². The number of pyridine rings is 4. The SMILES string of the molecule is C.CC(=O)c1cccc(F)c1.CC(C)(C)OC(=O)Nc1cc(N)ncn1.Cc1cc(Br)c(=O)[nH]c1C(N)=O.Cc1cc(Br)c(=O)n2c1C(=O)NC2(C)c1cccc(F)c1.Cc1cc(Nc2cc(N)ncn2)c(=O)n2c1C(=O)NC2(C)c1cccc(F)c1.Cc1cc(Nc2cc(NC(=O)OC(C)(C)C)ncn2)c(=O)n2c1C(=O)NC2(C)c1cccc(F)c1. The molecule has 11 aromatic rings. The van der Waals surface area contributed by atoms with Crippen LogP contribution in [0.1, 0.15) is 168 Å². The number of benzene rings is 4. The van der Waals surface area contributed by atoms with Crippen LogP contribution >= 0.6 is 31.9 Å². The summed E-state index contributed by atoms with van der Waals surface area (Å²) < 4.78 is 68.7. The van der Waals surface area contributed by atoms with Crippen LogP contribution in [-0.2, 0) is 26.5 Å². The molecular weight excluding hydrogens is 1720 g/mol. The molecule has 122 heavy (non-hydrogen) atoms. The molecule has 0 radical (unpaired) electrons. The van der Waals surface area contributed by atoms with E-state index in [9.17, 15) is 70.3 Å². The molecule has 0 spiro atoms. The summed E-state index contributed by atoms with van der Waals surface area (Å²) in [6.45, 7) is 23.8. The van der Waals surface area contributed by atoms with Crippen LogP contribution < -0.4 is 76.7 Å². The molecule has 10 heterocycles. The van der Waals surface area contributed by atoms with E-state index < -0.39 is 86.7 Å². The second kappa shape index (κ2) is 37.9. The van der Waals surface area contributed by atoms with Crippen molar-refractivity contribution in [2.45, 2.75) is 133 Å². The van der Waals surface area contributed by atoms with Crippen molar-refractivity contribution in [3.8, 4) is 0 Å². The normalized spacial score (nSPS) is 15.5. The number of Topliss-reactive ketones (excluding diaryl/α,β-unsaturated/α-hetero) is 1. The highest BCUT2D eigenvalue weighted by Crippen LogP contribution is 2.36. The number of anilines is 8. The number of aromatic amines is 1. The number of hydrogen-bond donors (Lipinski definition) is 11. The topological polar surface area (TPSA) is 476 Å². The maximum atomic E-state index is 14.0. The summed E-state index contributed by atoms with van der Waals surface area (Å²) in [7, 11) is 0. The van der Waals surface area contributed by atoms with Gasteiger partial charge in [-0.15, -0.1) is 0 Å². The molecule has 33 nitrogen and oxygen atoms in total. The van der Waals surface area contributed by atoms with Crippen molar-refractivity contribution in [3.63, 3.8) is 0 Å². The minimum atomic E-state index is -1.30. The molecule has 4 aromatic carbocycles. The first kappa shape index (κ1) is 93.4. The number of rotatable bonds is 11. The highest BCUT2D eigenvalue weighted by Gasteiger charge is 2.46. The average molecular weight is 1810 g/mol. The molecule has 6 amide bonds. The molecule has 39 heteroatoms. The van der Waals surface area contributed by atoms with Crippen LogP contribution in [0.3, 0.4) is 0 Å². The number of nitrogen functional groups attached to an aromatic ring is 2. The third-order valence-corrected chi connectivity index (χ3v) is 19.0. The van der Waals surface area contributed by atoms with Crippen LogP contribution in [-0.4, -0.2) is 101 Å². The number of nitrogens with two attached hydrogens (primary N) is 3. The van der Waals surface area contributed by atoms with Gasteiger partial charge in [0.2, 0.25) is 0 Å². The molecule has 7 aromatic heterocycles. The average Bonchev–Trinajstić information content (AvgIpc) is 1.58. The van der Waals surface area contributed by atoms with E-state index in [-0.39, 0.29) is 87.8 Å². The van der Waals surface area contributed by atoms with E-state index in [0.29, 0.717) is 70.8 Å². The molecular formula is C83H86Br2F4N20O13. The van der Waals surface area contributed by atoms with Crippen molar-refractivity contribution in [1.29, 1.82) is 0 Å². The van der Waals surface area contributed by atoms with Gasteiger partial charge in [0.1, 0.15) is 139 Å². The van der Waals surface area contributed by atoms with Crippen molar-refractivity contribution in [2.75, 3.05) is 32.7 Å². The first-order valence-electron chi connectivity index (χ1n) is 36.3. The van der Waals surface area contributed by atoms with Gasteiger partial charge in [-0.1, -0.05) is 56.0 Å². The number of ether oxygens (including phenoxy) is 2. The van der Waals surface area contributed by atoms with E-state index in [1.54, 1.807) is 139 Å². The number of primary amides is 1. The number of carbonyl (C=O) groups is 7. The van der Waals surface area contributed by atoms with Gasteiger partial charge >= 0.3 is 12.2 Å². The Morgan fingerprint density at radius 1 is 0.451 bits per heavy atom. The molecule has 0 fully saturated rings. The minimum absolute atomic E-state index is 0. The van der Waals surface area contributed by atoms with E-state index in [1.165, 1.54) is 131 Å². The zero-order valence-corrected chi connectivity index (χ0v) is 70.5. The Balaban J connectivity index is 0.000000191. The fraction of sp³-hybridized carbons (Fsp3) is 0.241. The van der Waals surface area contributed by atoms with Gasteiger partial charge in [-0.2, -0.15) is 0 Å². The summed E-state index contributed by atoms with van der Waals surface area (Å²) >= 11 is 6.25. The van der Waals surface area contributed by atoms with Crippen LogP contribution in [0.25, 0.3) is 0 Å². The van der Waals surface area contributed by atoms with Crippen LogP contribution in [0.2, 0.25) is 0 Å². The number of nitrogens with one attached hydrogen (secondary N) is 8. The summed E-state index contributed by atoms with van der Waals surface area (Å²) in [5.74, 6) is -2.08. The van der Waals surface area contributed by atoms with Crippen LogP contribution in [0.15, 0.2) is 187 Å². The number of nitrogens with zero attached hydrogens (tertiary/aromatic N) is 9. The van der Waals surface area contributed by atoms with Gasteiger partial charge in [-0.3, -0.25) is 67.5 Å². The molecule has 14 N–H and O–H groups in total. The quantitative estimate of drug-likeness (QED) is 0.0423. The summed E-state index contributed by atoms with van der Waals surface area (Å²) in [4.78, 5) is 158. The Hall–Kier alpha value is -14.1. The predicted octanol–water partition coefficient (Wildman–Crippen LogP) is 12.7. The second-order valence-corrected chi connectivity index (χ2v) is 31.3. The van der Waals surface area contributed by atoms with Gasteiger partial charge in [-0.05, 0) is 224 Å². The standard InChI is InChI=1S/C24H25FN6O4.C19H17FN6O2.C15H12BrFN2O2.C9H14N4O2.C8H7FO.C7H7BrN2O2.CH4/c1-13-9-16(28-17-11-18(27-12-26-17)29-22(34)35-23(2,3)4)21(33)31-19(13)20(32)30-24(31,5)14-7-6-8-15(25)10-14;1-10-6-13(24-15-8-14(21)22-9-23-15)18(28)26-16(10)17(27)25-19(26,2)11-4-3-5-12(20)7-11;1-8-6-11(16)14(21)19-12(8)13(20)18-15(19,2)9-4-3-5-10(17)7-9;1-9(2,3)15-8(14)13-7-4-6(10)11-5-12-7;1-6(10)7-3-2-4-8(9)5-7;1-3-2-4(8)7(12)10-5(3)6(9)11;/h6-12H,1-5H3,(H,30,32)(H2,26,27,28,29,34);3-9H,1-2H3,(H,25,27)(H3,21,22,23,24);3-7H,1-2H3,(H,18,20);4-5H,1-3H3,(H3,10,11,12,13,14);2-5H,1H3;2H,1H3,(H2,9,11)(H,10,12);1H4. The van der Waals surface area contributed by atoms with Crippen LogP contribution in [0, 0.1) is 51.0 Å². The van der Waals surface area contributed by atoms with E-state index >= 15 is 0 Å². The third kappa shape index (κ3) is 22.2. The zero-order chi connectivity index (χ0) is 89.3. The van der Waals surface area contributed by atoms with Crippen molar-refractivity contribution in [2.24, 2.45) is 5.73 Å². The fourth-order valence-corrected chi connectivity index (χ4v) is 13.5. The highest BCUT2D eigenvalue weighted by molar-refractivity contribution is 9.10. The number of halogens is 6. The third-order valence-electron chi connectivity index (χ3n) is 17.8. The van der Waals surface area contributed by atoms with Crippen LogP contribution in [0.4, 0.5) is 73.4 Å². The number of fused-ring (bicyclic) bond motifs is 3. The van der Waals surface area contributed by atoms with E-state index in [0.717, 1.165) is 0 Å². The van der Waals surface area contributed by atoms with Crippen molar-refractivity contribution >= 4 is 120 Å². The number of carbonyl (C=O) groups excluding carboxylic acids is 7. The zero-order valence-electron chi connectivity index (χ0n) is 67.3. The van der Waals surface area contributed by atoms with Crippen molar-refractivity contribution in [1.82, 2.24) is 64.5 Å². The largest absolute Gasteiger partial charge is 0.444 e. The molecule has 3 unspecified atom stereocenters. The predicted molar refractivity (Wildman–Crippen MR) is 456 cm³/mol. The van der Waals surface area contributed by atoms with Gasteiger partial charge in [0.15, 0.2) is 5.78 Å². The van der Waals surface area contributed by atoms with E-state index in [4.69, 9.17) is 26.7 Å². The number of aromatic nitrogens is 10. The molecule has 3 aliphatic rings. The van der Waals surface area contributed by atoms with Crippen LogP contribution in [0.5, 0.6) is 0 Å². The van der Waals surface area contributed by atoms with E-state index in [1.807, 2.05) is 0 Å². The molecule has 0 saturated heterocycles. The van der Waals surface area contributed by atoms with Gasteiger partial charge in [0.05, 0.1) is 8.95 Å². The van der Waals surface area contributed by atoms with E-state index in [2.05, 4.69) is 104 Å². The lowest BCUT2D eigenvalue weighted by molar-refractivity contribution is 0.0624. The van der Waals surface area contributed by atoms with Gasteiger partial charge in [0, 0.05) is 40.5 Å². The number of amides is 6. The molecule has 3 aliphatic heterocycles. The first-order valence-corrected chi connectivity index (χ1v) is 37.9. The lowest BCUT2D eigenvalue weighted by Crippen LogP contribution is -2.46. The first-order chi connectivity index (χ1) is 56.6. The van der Waals surface area contributed by atoms with Crippen molar-refractivity contribution < 1.29 is 60.6 Å². The monoisotopic (exact) mass is 1800 g/mol. The minimum Gasteiger partial charge on any atom is -0.444 e. The smallest absolute Gasteiger partial charge is 0.413 e. The maximum Gasteiger partial charge on any atom is 0.413 e. The molecule has 14 rings (SSSR count). The van der Waals surface area contributed by atoms with Gasteiger partial charge in [-0.25, -0.2) is 57.1 Å². The Morgan fingerprint density at radius 2 is 0.787 bits per heavy atom. The Labute approximate surface area is 711 Å². The molecule has 638 valence electrons. The highest BCUT2D eigenvalue weighted by atomic mass is 79.9. The fourth-order valence-electron chi connectivity index (χ4n) is 12.5. The summed E-state index contributed by atoms with van der Waals surface area (Å²) in [5, 5.41) is 19.2. The summed E-state index contributed by atoms with van der Waals surface area (Å²) in [5.41, 5.74) is 15.0. The maximum absolute atomic E-state index is 14.0. The number of hydrogen-bond acceptors (Lipinski definition) is 23.